The fourth-order valence-corrected chi connectivity index (χ4v) is 4.18. The van der Waals surface area contributed by atoms with E-state index >= 15 is 0 Å². The van der Waals surface area contributed by atoms with Gasteiger partial charge in [0.15, 0.2) is 0 Å². The molecule has 0 amide bonds. The molecule has 4 rings (SSSR count). The molecule has 4 aromatic rings. The molecule has 0 fully saturated rings. The number of phenols is 1. The van der Waals surface area contributed by atoms with Crippen LogP contribution < -0.4 is 10.5 Å². The summed E-state index contributed by atoms with van der Waals surface area (Å²) in [6, 6.07) is 15.2. The molecule has 1 unspecified atom stereocenters. The molecule has 0 bridgehead atoms. The number of hydrogen-bond acceptors (Lipinski definition) is 4. The van der Waals surface area contributed by atoms with Crippen molar-refractivity contribution in [3.63, 3.8) is 0 Å². The molecule has 2 aromatic heterocycles. The minimum atomic E-state index is -0.400. The first-order valence-electron chi connectivity index (χ1n) is 10.6. The van der Waals surface area contributed by atoms with Crippen molar-refractivity contribution in [1.82, 2.24) is 9.78 Å². The van der Waals surface area contributed by atoms with E-state index in [-0.39, 0.29) is 5.75 Å². The second-order valence-electron chi connectivity index (χ2n) is 8.13. The van der Waals surface area contributed by atoms with Crippen LogP contribution in [0.5, 0.6) is 5.75 Å². The van der Waals surface area contributed by atoms with E-state index in [1.807, 2.05) is 42.8 Å². The van der Waals surface area contributed by atoms with E-state index < -0.39 is 5.63 Å². The Bertz CT molecular complexity index is 1290. The summed E-state index contributed by atoms with van der Waals surface area (Å²) in [5.41, 5.74) is 6.18. The molecule has 2 aromatic carbocycles. The summed E-state index contributed by atoms with van der Waals surface area (Å²) in [4.78, 5) is 13.3. The fourth-order valence-electron chi connectivity index (χ4n) is 4.18. The van der Waals surface area contributed by atoms with E-state index in [0.29, 0.717) is 18.5 Å². The van der Waals surface area contributed by atoms with Crippen LogP contribution in [0.3, 0.4) is 0 Å². The molecule has 2 heterocycles. The van der Waals surface area contributed by atoms with Gasteiger partial charge in [0.05, 0.1) is 29.7 Å². The predicted octanol–water partition coefficient (Wildman–Crippen LogP) is 3.08. The Morgan fingerprint density at radius 3 is 2.52 bits per heavy atom. The monoisotopic (exact) mass is 418 g/mol. The third-order valence-corrected chi connectivity index (χ3v) is 5.82. The number of para-hydroxylation sites is 1. The molecule has 0 spiro atoms. The van der Waals surface area contributed by atoms with E-state index in [9.17, 15) is 9.90 Å². The van der Waals surface area contributed by atoms with Gasteiger partial charge in [-0.25, -0.2) is 9.48 Å². The molecule has 31 heavy (non-hydrogen) atoms. The number of phenolic OH excluding ortho intramolecular Hbond substituents is 1. The minimum Gasteiger partial charge on any atom is -0.508 e. The van der Waals surface area contributed by atoms with Crippen LogP contribution in [-0.2, 0) is 19.5 Å². The highest BCUT2D eigenvalue weighted by Crippen LogP contribution is 2.26. The van der Waals surface area contributed by atoms with Crippen LogP contribution in [-0.4, -0.2) is 21.9 Å². The lowest BCUT2D eigenvalue weighted by molar-refractivity contribution is -0.907. The van der Waals surface area contributed by atoms with Gasteiger partial charge in [-0.3, -0.25) is 0 Å². The molecule has 0 saturated carbocycles. The number of quaternary nitrogens is 1. The molecule has 1 atom stereocenters. The maximum Gasteiger partial charge on any atom is 0.336 e. The normalized spacial score (nSPS) is 12.4. The van der Waals surface area contributed by atoms with Crippen LogP contribution in [0.4, 0.5) is 0 Å². The molecule has 0 aliphatic heterocycles. The maximum atomic E-state index is 12.1. The summed E-state index contributed by atoms with van der Waals surface area (Å²) in [5.74, 6) is 0.163. The molecule has 0 aliphatic carbocycles. The van der Waals surface area contributed by atoms with E-state index in [1.165, 1.54) is 10.5 Å². The van der Waals surface area contributed by atoms with Gasteiger partial charge in [-0.15, -0.1) is 0 Å². The van der Waals surface area contributed by atoms with Crippen molar-refractivity contribution in [3.8, 4) is 11.4 Å². The van der Waals surface area contributed by atoms with E-state index in [0.717, 1.165) is 40.1 Å². The number of nitrogens with one attached hydrogen (secondary N) is 1. The number of nitrogens with zero attached hydrogens (tertiary/aromatic N) is 2. The number of hydrogen-bond donors (Lipinski definition) is 2. The van der Waals surface area contributed by atoms with Crippen LogP contribution in [0.25, 0.3) is 16.7 Å². The first-order valence-corrected chi connectivity index (χ1v) is 10.6. The third kappa shape index (κ3) is 4.11. The van der Waals surface area contributed by atoms with E-state index in [1.54, 1.807) is 12.1 Å². The Balaban J connectivity index is 1.64. The number of benzene rings is 2. The highest BCUT2D eigenvalue weighted by molar-refractivity contribution is 5.82. The van der Waals surface area contributed by atoms with Crippen molar-refractivity contribution in [1.29, 1.82) is 0 Å². The van der Waals surface area contributed by atoms with Crippen molar-refractivity contribution < 1.29 is 14.4 Å². The third-order valence-electron chi connectivity index (χ3n) is 5.82. The zero-order valence-corrected chi connectivity index (χ0v) is 18.4. The summed E-state index contributed by atoms with van der Waals surface area (Å²) in [6.45, 7) is 7.57. The average Bonchev–Trinajstić information content (AvgIpc) is 3.02. The zero-order chi connectivity index (χ0) is 22.1. The number of aryl methyl sites for hydroxylation is 2. The van der Waals surface area contributed by atoms with Crippen molar-refractivity contribution in [3.05, 3.63) is 87.0 Å². The highest BCUT2D eigenvalue weighted by Gasteiger charge is 2.18. The quantitative estimate of drug-likeness (QED) is 0.472. The second-order valence-corrected chi connectivity index (χ2v) is 8.13. The lowest BCUT2D eigenvalue weighted by Crippen LogP contribution is -3.06. The Labute approximate surface area is 181 Å². The standard InChI is InChI=1S/C25H27N3O3/c1-5-18-11-21-19(12-25(30)31-24(21)13-23(18)29)14-27(4)15-22-16(2)26-28(17(22)3)20-9-7-6-8-10-20/h6-13,29H,5,14-15H2,1-4H3/p+1. The summed E-state index contributed by atoms with van der Waals surface area (Å²) < 4.78 is 7.32. The van der Waals surface area contributed by atoms with Gasteiger partial charge in [-0.2, -0.15) is 5.10 Å². The van der Waals surface area contributed by atoms with Gasteiger partial charge >= 0.3 is 5.63 Å². The van der Waals surface area contributed by atoms with Gasteiger partial charge in [0, 0.05) is 23.1 Å². The average molecular weight is 419 g/mol. The SMILES string of the molecule is CCc1cc2c(C[NH+](C)Cc3c(C)nn(-c4ccccc4)c3C)cc(=O)oc2cc1O. The van der Waals surface area contributed by atoms with Crippen LogP contribution in [0.15, 0.2) is 57.7 Å². The summed E-state index contributed by atoms with van der Waals surface area (Å²) in [5, 5.41) is 15.8. The Kier molecular flexibility index (Phi) is 5.65. The minimum absolute atomic E-state index is 0.163. The van der Waals surface area contributed by atoms with Gasteiger partial charge in [0.1, 0.15) is 24.4 Å². The van der Waals surface area contributed by atoms with Gasteiger partial charge < -0.3 is 14.4 Å². The Hall–Kier alpha value is -3.38. The number of rotatable bonds is 6. The predicted molar refractivity (Wildman–Crippen MR) is 121 cm³/mol. The Morgan fingerprint density at radius 2 is 1.81 bits per heavy atom. The first-order chi connectivity index (χ1) is 14.9. The molecule has 2 N–H and O–H groups in total. The molecule has 0 aliphatic rings. The largest absolute Gasteiger partial charge is 0.508 e. The zero-order valence-electron chi connectivity index (χ0n) is 18.4. The molecule has 160 valence electrons. The summed E-state index contributed by atoms with van der Waals surface area (Å²) in [6.07, 6.45) is 0.708. The van der Waals surface area contributed by atoms with E-state index in [2.05, 4.69) is 26.1 Å². The first kappa shape index (κ1) is 20.9. The number of aromatic nitrogens is 2. The molecular weight excluding hydrogens is 390 g/mol. The lowest BCUT2D eigenvalue weighted by Gasteiger charge is -2.16. The highest BCUT2D eigenvalue weighted by atomic mass is 16.4. The molecule has 6 nitrogen and oxygen atoms in total. The second kappa shape index (κ2) is 8.40. The number of fused-ring (bicyclic) bond motifs is 1. The molecule has 0 saturated heterocycles. The van der Waals surface area contributed by atoms with Crippen molar-refractivity contribution in [2.75, 3.05) is 7.05 Å². The van der Waals surface area contributed by atoms with Gasteiger partial charge in [0.2, 0.25) is 0 Å². The van der Waals surface area contributed by atoms with Crippen LogP contribution in [0.2, 0.25) is 0 Å². The summed E-state index contributed by atoms with van der Waals surface area (Å²) in [7, 11) is 2.11. The van der Waals surface area contributed by atoms with Gasteiger partial charge in [0.25, 0.3) is 0 Å². The maximum absolute atomic E-state index is 12.1. The van der Waals surface area contributed by atoms with E-state index in [4.69, 9.17) is 9.52 Å². The lowest BCUT2D eigenvalue weighted by atomic mass is 10.0. The van der Waals surface area contributed by atoms with Crippen LogP contribution in [0, 0.1) is 13.8 Å². The molecule has 0 radical (unpaired) electrons. The Morgan fingerprint density at radius 1 is 1.06 bits per heavy atom. The number of aromatic hydroxyl groups is 1. The van der Waals surface area contributed by atoms with Crippen LogP contribution >= 0.6 is 0 Å². The van der Waals surface area contributed by atoms with Gasteiger partial charge in [-0.1, -0.05) is 25.1 Å². The van der Waals surface area contributed by atoms with Crippen molar-refractivity contribution in [2.24, 2.45) is 0 Å². The summed E-state index contributed by atoms with van der Waals surface area (Å²) >= 11 is 0. The smallest absolute Gasteiger partial charge is 0.336 e. The topological polar surface area (TPSA) is 72.7 Å². The van der Waals surface area contributed by atoms with Gasteiger partial charge in [-0.05, 0) is 44.0 Å². The van der Waals surface area contributed by atoms with Crippen LogP contribution in [0.1, 0.15) is 35.0 Å². The molecule has 6 heteroatoms. The van der Waals surface area contributed by atoms with Crippen molar-refractivity contribution in [2.45, 2.75) is 40.3 Å². The molecular formula is C25H28N3O3+. The fraction of sp³-hybridized carbons (Fsp3) is 0.280. The van der Waals surface area contributed by atoms with Crippen molar-refractivity contribution >= 4 is 11.0 Å².